The van der Waals surface area contributed by atoms with Crippen LogP contribution in [-0.2, 0) is 5.88 Å². The molecule has 0 spiro atoms. The second kappa shape index (κ2) is 6.25. The maximum absolute atomic E-state index is 6.04. The van der Waals surface area contributed by atoms with E-state index in [0.717, 1.165) is 34.3 Å². The van der Waals surface area contributed by atoms with Gasteiger partial charge in [-0.1, -0.05) is 15.9 Å². The van der Waals surface area contributed by atoms with Gasteiger partial charge in [-0.2, -0.15) is 0 Å². The molecule has 2 aromatic rings. The van der Waals surface area contributed by atoms with E-state index in [0.29, 0.717) is 11.9 Å². The van der Waals surface area contributed by atoms with Crippen LogP contribution in [0.1, 0.15) is 25.2 Å². The number of nitrogens with zero attached hydrogens (tertiary/aromatic N) is 3. The zero-order chi connectivity index (χ0) is 14.0. The Morgan fingerprint density at radius 3 is 2.79 bits per heavy atom. The van der Waals surface area contributed by atoms with Gasteiger partial charge in [0, 0.05) is 10.5 Å². The molecule has 0 saturated heterocycles. The predicted octanol–water partition coefficient (Wildman–Crippen LogP) is 4.05. The highest BCUT2D eigenvalue weighted by Crippen LogP contribution is 2.26. The number of alkyl halides is 1. The second-order valence-electron chi connectivity index (χ2n) is 5.11. The van der Waals surface area contributed by atoms with Gasteiger partial charge in [-0.05, 0) is 52.2 Å². The summed E-state index contributed by atoms with van der Waals surface area (Å²) in [6.45, 7) is 3.28. The minimum atomic E-state index is 0.385. The van der Waals surface area contributed by atoms with Crippen molar-refractivity contribution in [3.05, 3.63) is 28.5 Å². The van der Waals surface area contributed by atoms with Gasteiger partial charge in [-0.3, -0.25) is 0 Å². The van der Waals surface area contributed by atoms with Crippen LogP contribution < -0.4 is 0 Å². The van der Waals surface area contributed by atoms with Crippen molar-refractivity contribution in [1.29, 1.82) is 0 Å². The lowest BCUT2D eigenvalue weighted by Crippen LogP contribution is -2.18. The zero-order valence-corrected chi connectivity index (χ0v) is 13.9. The van der Waals surface area contributed by atoms with Crippen LogP contribution in [0.25, 0.3) is 11.0 Å². The molecule has 0 aliphatic rings. The summed E-state index contributed by atoms with van der Waals surface area (Å²) in [4.78, 5) is 6.82. The van der Waals surface area contributed by atoms with E-state index in [1.165, 1.54) is 0 Å². The lowest BCUT2D eigenvalue weighted by Gasteiger charge is -2.19. The molecule has 0 bridgehead atoms. The fourth-order valence-electron chi connectivity index (χ4n) is 2.28. The van der Waals surface area contributed by atoms with Crippen molar-refractivity contribution in [2.24, 2.45) is 0 Å². The summed E-state index contributed by atoms with van der Waals surface area (Å²) in [7, 11) is 4.19. The molecule has 3 nitrogen and oxygen atoms in total. The SMILES string of the molecule is CC(CCN(C)C)n1c(CCl)nc2ccc(Br)cc21. The molecule has 104 valence electrons. The molecule has 0 amide bonds. The van der Waals surface area contributed by atoms with Gasteiger partial charge in [0.05, 0.1) is 16.9 Å². The first-order valence-electron chi connectivity index (χ1n) is 6.40. The summed E-state index contributed by atoms with van der Waals surface area (Å²) in [5.41, 5.74) is 2.16. The Kier molecular flexibility index (Phi) is 4.87. The van der Waals surface area contributed by atoms with E-state index in [2.05, 4.69) is 57.5 Å². The lowest BCUT2D eigenvalue weighted by atomic mass is 10.2. The Balaban J connectivity index is 2.41. The molecule has 2 rings (SSSR count). The first-order valence-corrected chi connectivity index (χ1v) is 7.72. The zero-order valence-electron chi connectivity index (χ0n) is 11.5. The number of benzene rings is 1. The maximum Gasteiger partial charge on any atom is 0.125 e. The van der Waals surface area contributed by atoms with E-state index in [9.17, 15) is 0 Å². The summed E-state index contributed by atoms with van der Waals surface area (Å²) in [5, 5.41) is 0. The van der Waals surface area contributed by atoms with Crippen molar-refractivity contribution in [2.45, 2.75) is 25.3 Å². The minimum Gasteiger partial charge on any atom is -0.324 e. The first-order chi connectivity index (χ1) is 9.02. The van der Waals surface area contributed by atoms with Crippen molar-refractivity contribution in [3.63, 3.8) is 0 Å². The summed E-state index contributed by atoms with van der Waals surface area (Å²) < 4.78 is 3.33. The monoisotopic (exact) mass is 343 g/mol. The average molecular weight is 345 g/mol. The molecule has 5 heteroatoms. The Hall–Kier alpha value is -0.580. The minimum absolute atomic E-state index is 0.385. The molecule has 0 fully saturated rings. The van der Waals surface area contributed by atoms with Gasteiger partial charge in [-0.25, -0.2) is 4.98 Å². The van der Waals surface area contributed by atoms with Crippen LogP contribution in [0.15, 0.2) is 22.7 Å². The van der Waals surface area contributed by atoms with E-state index in [1.54, 1.807) is 0 Å². The molecule has 19 heavy (non-hydrogen) atoms. The molecule has 0 radical (unpaired) electrons. The predicted molar refractivity (Wildman–Crippen MR) is 84.9 cm³/mol. The van der Waals surface area contributed by atoms with Gasteiger partial charge in [0.25, 0.3) is 0 Å². The quantitative estimate of drug-likeness (QED) is 0.763. The Labute approximate surface area is 127 Å². The average Bonchev–Trinajstić information content (AvgIpc) is 2.73. The van der Waals surface area contributed by atoms with Gasteiger partial charge in [0.15, 0.2) is 0 Å². The highest BCUT2D eigenvalue weighted by molar-refractivity contribution is 9.10. The van der Waals surface area contributed by atoms with Crippen molar-refractivity contribution in [2.75, 3.05) is 20.6 Å². The fourth-order valence-corrected chi connectivity index (χ4v) is 2.81. The Morgan fingerprint density at radius 2 is 2.16 bits per heavy atom. The van der Waals surface area contributed by atoms with Crippen LogP contribution >= 0.6 is 27.5 Å². The van der Waals surface area contributed by atoms with Crippen molar-refractivity contribution in [1.82, 2.24) is 14.5 Å². The van der Waals surface area contributed by atoms with Crippen LogP contribution in [0.4, 0.5) is 0 Å². The summed E-state index contributed by atoms with van der Waals surface area (Å²) in [6.07, 6.45) is 1.08. The molecule has 1 aromatic heterocycles. The Morgan fingerprint density at radius 1 is 1.42 bits per heavy atom. The third kappa shape index (κ3) is 3.30. The molecular weight excluding hydrogens is 326 g/mol. The lowest BCUT2D eigenvalue weighted by molar-refractivity contribution is 0.358. The third-order valence-electron chi connectivity index (χ3n) is 3.28. The smallest absolute Gasteiger partial charge is 0.125 e. The molecule has 0 saturated carbocycles. The number of rotatable bonds is 5. The highest BCUT2D eigenvalue weighted by Gasteiger charge is 2.15. The highest BCUT2D eigenvalue weighted by atomic mass is 79.9. The normalized spacial score (nSPS) is 13.4. The third-order valence-corrected chi connectivity index (χ3v) is 4.01. The molecule has 1 aromatic carbocycles. The summed E-state index contributed by atoms with van der Waals surface area (Å²) in [6, 6.07) is 6.55. The molecule has 0 N–H and O–H groups in total. The van der Waals surface area contributed by atoms with Crippen molar-refractivity contribution < 1.29 is 0 Å². The molecule has 0 aliphatic carbocycles. The van der Waals surface area contributed by atoms with E-state index in [1.807, 2.05) is 12.1 Å². The number of halogens is 2. The van der Waals surface area contributed by atoms with Gasteiger partial charge >= 0.3 is 0 Å². The van der Waals surface area contributed by atoms with Crippen LogP contribution in [0.2, 0.25) is 0 Å². The number of aromatic nitrogens is 2. The molecule has 0 aliphatic heterocycles. The van der Waals surface area contributed by atoms with Crippen LogP contribution in [0, 0.1) is 0 Å². The molecule has 1 unspecified atom stereocenters. The van der Waals surface area contributed by atoms with Gasteiger partial charge in [0.1, 0.15) is 5.82 Å². The van der Waals surface area contributed by atoms with Crippen LogP contribution in [-0.4, -0.2) is 35.1 Å². The van der Waals surface area contributed by atoms with E-state index < -0.39 is 0 Å². The van der Waals surface area contributed by atoms with Crippen LogP contribution in [0.5, 0.6) is 0 Å². The first kappa shape index (κ1) is 14.8. The standard InChI is InChI=1S/C14H19BrClN3/c1-10(6-7-18(2)3)19-13-8-11(15)4-5-12(13)17-14(19)9-16/h4-5,8,10H,6-7,9H2,1-3H3. The molecular formula is C14H19BrClN3. The topological polar surface area (TPSA) is 21.1 Å². The summed E-state index contributed by atoms with van der Waals surface area (Å²) in [5.74, 6) is 1.39. The van der Waals surface area contributed by atoms with Gasteiger partial charge < -0.3 is 9.47 Å². The number of imidazole rings is 1. The van der Waals surface area contributed by atoms with E-state index in [4.69, 9.17) is 11.6 Å². The van der Waals surface area contributed by atoms with E-state index >= 15 is 0 Å². The number of fused-ring (bicyclic) bond motifs is 1. The van der Waals surface area contributed by atoms with Gasteiger partial charge in [-0.15, -0.1) is 11.6 Å². The van der Waals surface area contributed by atoms with Crippen molar-refractivity contribution in [3.8, 4) is 0 Å². The maximum atomic E-state index is 6.04. The number of hydrogen-bond acceptors (Lipinski definition) is 2. The van der Waals surface area contributed by atoms with Gasteiger partial charge in [0.2, 0.25) is 0 Å². The number of hydrogen-bond donors (Lipinski definition) is 0. The Bertz CT molecular complexity index is 565. The fraction of sp³-hybridized carbons (Fsp3) is 0.500. The summed E-state index contributed by atoms with van der Waals surface area (Å²) >= 11 is 9.57. The second-order valence-corrected chi connectivity index (χ2v) is 6.29. The molecule has 1 atom stereocenters. The largest absolute Gasteiger partial charge is 0.324 e. The van der Waals surface area contributed by atoms with E-state index in [-0.39, 0.29) is 0 Å². The van der Waals surface area contributed by atoms with Crippen molar-refractivity contribution >= 4 is 38.6 Å². The molecule has 1 heterocycles. The van der Waals surface area contributed by atoms with Crippen LogP contribution in [0.3, 0.4) is 0 Å².